The fourth-order valence-corrected chi connectivity index (χ4v) is 2.11. The molecule has 1 aromatic carbocycles. The molecule has 1 fully saturated rings. The summed E-state index contributed by atoms with van der Waals surface area (Å²) in [4.78, 5) is 0. The van der Waals surface area contributed by atoms with Gasteiger partial charge in [-0.3, -0.25) is 0 Å². The lowest BCUT2D eigenvalue weighted by Crippen LogP contribution is -2.24. The molecule has 1 saturated carbocycles. The molecule has 2 aromatic rings. The van der Waals surface area contributed by atoms with E-state index >= 15 is 0 Å². The summed E-state index contributed by atoms with van der Waals surface area (Å²) in [6.45, 7) is 3.31. The molecule has 0 N–H and O–H groups in total. The molecule has 1 aliphatic carbocycles. The van der Waals surface area contributed by atoms with Gasteiger partial charge in [-0.05, 0) is 50.5 Å². The van der Waals surface area contributed by atoms with E-state index in [4.69, 9.17) is 9.47 Å². The zero-order chi connectivity index (χ0) is 13.8. The third-order valence-corrected chi connectivity index (χ3v) is 3.56. The molecule has 1 heterocycles. The highest BCUT2D eigenvalue weighted by molar-refractivity contribution is 5.31. The van der Waals surface area contributed by atoms with Crippen LogP contribution in [0.15, 0.2) is 30.5 Å². The second-order valence-electron chi connectivity index (χ2n) is 4.97. The fraction of sp³-hybridized carbons (Fsp3) is 0.467. The molecule has 0 spiro atoms. The highest BCUT2D eigenvalue weighted by Gasteiger charge is 2.18. The first-order valence-electron chi connectivity index (χ1n) is 7.12. The van der Waals surface area contributed by atoms with Gasteiger partial charge in [0.2, 0.25) is 0 Å². The highest BCUT2D eigenvalue weighted by Crippen LogP contribution is 2.26. The van der Waals surface area contributed by atoms with Crippen LogP contribution in [0.5, 0.6) is 11.5 Å². The molecule has 5 heteroatoms. The van der Waals surface area contributed by atoms with Crippen LogP contribution >= 0.6 is 0 Å². The average Bonchev–Trinajstić information content (AvgIpc) is 2.89. The molecular formula is C15H19N3O2. The first-order chi connectivity index (χ1) is 9.85. The van der Waals surface area contributed by atoms with Crippen molar-refractivity contribution in [2.45, 2.75) is 45.4 Å². The SMILES string of the molecule is CCn1nncc1COc1ccc(OC2CCC2)cc1. The molecule has 5 nitrogen and oxygen atoms in total. The quantitative estimate of drug-likeness (QED) is 0.812. The van der Waals surface area contributed by atoms with Gasteiger partial charge in [0.1, 0.15) is 18.1 Å². The molecule has 0 bridgehead atoms. The van der Waals surface area contributed by atoms with Gasteiger partial charge < -0.3 is 9.47 Å². The van der Waals surface area contributed by atoms with Gasteiger partial charge >= 0.3 is 0 Å². The van der Waals surface area contributed by atoms with Gasteiger partial charge in [0.15, 0.2) is 0 Å². The van der Waals surface area contributed by atoms with E-state index in [0.29, 0.717) is 12.7 Å². The summed E-state index contributed by atoms with van der Waals surface area (Å²) in [6, 6.07) is 7.80. The second kappa shape index (κ2) is 5.94. The standard InChI is InChI=1S/C15H19N3O2/c1-2-18-12(10-16-17-18)11-19-13-6-8-15(9-7-13)20-14-4-3-5-14/h6-10,14H,2-5,11H2,1H3. The van der Waals surface area contributed by atoms with Gasteiger partial charge in [0, 0.05) is 6.54 Å². The minimum absolute atomic E-state index is 0.409. The van der Waals surface area contributed by atoms with Gasteiger partial charge in [-0.2, -0.15) is 0 Å². The van der Waals surface area contributed by atoms with E-state index in [9.17, 15) is 0 Å². The molecule has 1 aromatic heterocycles. The highest BCUT2D eigenvalue weighted by atomic mass is 16.5. The molecule has 0 radical (unpaired) electrons. The number of hydrogen-bond acceptors (Lipinski definition) is 4. The molecule has 0 atom stereocenters. The van der Waals surface area contributed by atoms with Gasteiger partial charge in [-0.1, -0.05) is 5.21 Å². The van der Waals surface area contributed by atoms with E-state index in [0.717, 1.165) is 23.7 Å². The maximum atomic E-state index is 5.81. The van der Waals surface area contributed by atoms with Crippen molar-refractivity contribution in [1.82, 2.24) is 15.0 Å². The van der Waals surface area contributed by atoms with Crippen LogP contribution in [0.1, 0.15) is 31.9 Å². The van der Waals surface area contributed by atoms with Crippen molar-refractivity contribution in [3.63, 3.8) is 0 Å². The van der Waals surface area contributed by atoms with Crippen LogP contribution in [-0.4, -0.2) is 21.1 Å². The summed E-state index contributed by atoms with van der Waals surface area (Å²) >= 11 is 0. The fourth-order valence-electron chi connectivity index (χ4n) is 2.11. The summed E-state index contributed by atoms with van der Waals surface area (Å²) in [6.07, 6.45) is 5.77. The largest absolute Gasteiger partial charge is 0.490 e. The predicted octanol–water partition coefficient (Wildman–Crippen LogP) is 2.81. The van der Waals surface area contributed by atoms with Gasteiger partial charge in [-0.15, -0.1) is 5.10 Å². The second-order valence-corrected chi connectivity index (χ2v) is 4.97. The summed E-state index contributed by atoms with van der Waals surface area (Å²) in [5, 5.41) is 7.86. The van der Waals surface area contributed by atoms with Crippen LogP contribution in [0.3, 0.4) is 0 Å². The smallest absolute Gasteiger partial charge is 0.132 e. The molecule has 1 aliphatic rings. The monoisotopic (exact) mass is 273 g/mol. The zero-order valence-corrected chi connectivity index (χ0v) is 11.7. The minimum Gasteiger partial charge on any atom is -0.490 e. The maximum absolute atomic E-state index is 5.81. The van der Waals surface area contributed by atoms with E-state index in [-0.39, 0.29) is 0 Å². The van der Waals surface area contributed by atoms with Crippen LogP contribution in [-0.2, 0) is 13.2 Å². The Labute approximate surface area is 118 Å². The van der Waals surface area contributed by atoms with Crippen LogP contribution in [0.25, 0.3) is 0 Å². The Morgan fingerprint density at radius 2 is 1.95 bits per heavy atom. The number of nitrogens with zero attached hydrogens (tertiary/aromatic N) is 3. The first kappa shape index (κ1) is 13.0. The molecule has 0 unspecified atom stereocenters. The topological polar surface area (TPSA) is 49.2 Å². The molecule has 0 aliphatic heterocycles. The maximum Gasteiger partial charge on any atom is 0.132 e. The normalized spacial score (nSPS) is 14.8. The molecule has 3 rings (SSSR count). The van der Waals surface area contributed by atoms with Gasteiger partial charge in [-0.25, -0.2) is 4.68 Å². The summed E-state index contributed by atoms with van der Waals surface area (Å²) in [5.74, 6) is 1.75. The van der Waals surface area contributed by atoms with Gasteiger partial charge in [0.05, 0.1) is 18.0 Å². The van der Waals surface area contributed by atoms with Crippen LogP contribution in [0, 0.1) is 0 Å². The third kappa shape index (κ3) is 2.92. The average molecular weight is 273 g/mol. The van der Waals surface area contributed by atoms with E-state index in [2.05, 4.69) is 10.3 Å². The summed E-state index contributed by atoms with van der Waals surface area (Å²) in [5.41, 5.74) is 0.974. The molecule has 0 saturated heterocycles. The van der Waals surface area contributed by atoms with E-state index < -0.39 is 0 Å². The lowest BCUT2D eigenvalue weighted by Gasteiger charge is -2.26. The lowest BCUT2D eigenvalue weighted by atomic mass is 9.96. The Kier molecular flexibility index (Phi) is 3.85. The number of benzene rings is 1. The number of ether oxygens (including phenoxy) is 2. The Hall–Kier alpha value is -2.04. The Balaban J connectivity index is 1.55. The number of aryl methyl sites for hydroxylation is 1. The number of aromatic nitrogens is 3. The van der Waals surface area contributed by atoms with Crippen molar-refractivity contribution in [1.29, 1.82) is 0 Å². The summed E-state index contributed by atoms with van der Waals surface area (Å²) in [7, 11) is 0. The summed E-state index contributed by atoms with van der Waals surface area (Å²) < 4.78 is 13.4. The Morgan fingerprint density at radius 1 is 1.20 bits per heavy atom. The van der Waals surface area contributed by atoms with Crippen molar-refractivity contribution >= 4 is 0 Å². The number of rotatable bonds is 6. The molecular weight excluding hydrogens is 254 g/mol. The molecule has 0 amide bonds. The van der Waals surface area contributed by atoms with E-state index in [1.165, 1.54) is 19.3 Å². The number of hydrogen-bond donors (Lipinski definition) is 0. The zero-order valence-electron chi connectivity index (χ0n) is 11.7. The first-order valence-corrected chi connectivity index (χ1v) is 7.12. The van der Waals surface area contributed by atoms with Crippen molar-refractivity contribution in [3.05, 3.63) is 36.2 Å². The molecule has 20 heavy (non-hydrogen) atoms. The van der Waals surface area contributed by atoms with Crippen molar-refractivity contribution in [2.24, 2.45) is 0 Å². The lowest BCUT2D eigenvalue weighted by molar-refractivity contribution is 0.120. The van der Waals surface area contributed by atoms with Crippen LogP contribution < -0.4 is 9.47 Å². The third-order valence-electron chi connectivity index (χ3n) is 3.56. The molecule has 106 valence electrons. The van der Waals surface area contributed by atoms with Crippen molar-refractivity contribution in [2.75, 3.05) is 0 Å². The Morgan fingerprint density at radius 3 is 2.60 bits per heavy atom. The van der Waals surface area contributed by atoms with Crippen LogP contribution in [0.2, 0.25) is 0 Å². The van der Waals surface area contributed by atoms with Crippen molar-refractivity contribution in [3.8, 4) is 11.5 Å². The predicted molar refractivity (Wildman–Crippen MR) is 74.7 cm³/mol. The van der Waals surface area contributed by atoms with E-state index in [1.807, 2.05) is 35.9 Å². The minimum atomic E-state index is 0.409. The Bertz CT molecular complexity index is 547. The van der Waals surface area contributed by atoms with E-state index in [1.54, 1.807) is 6.20 Å². The van der Waals surface area contributed by atoms with Crippen LogP contribution in [0.4, 0.5) is 0 Å². The van der Waals surface area contributed by atoms with Crippen molar-refractivity contribution < 1.29 is 9.47 Å². The van der Waals surface area contributed by atoms with Gasteiger partial charge in [0.25, 0.3) is 0 Å².